The van der Waals surface area contributed by atoms with Gasteiger partial charge in [0, 0.05) is 17.3 Å². The molecule has 0 saturated carbocycles. The average Bonchev–Trinajstić information content (AvgIpc) is 2.32. The van der Waals surface area contributed by atoms with Crippen molar-refractivity contribution in [2.24, 2.45) is 0 Å². The second kappa shape index (κ2) is 8.03. The van der Waals surface area contributed by atoms with Crippen LogP contribution in [-0.2, 0) is 4.74 Å². The highest BCUT2D eigenvalue weighted by atomic mass is 35.5. The van der Waals surface area contributed by atoms with E-state index >= 15 is 0 Å². The van der Waals surface area contributed by atoms with Crippen LogP contribution in [0, 0.1) is 0 Å². The van der Waals surface area contributed by atoms with E-state index in [1.807, 2.05) is 39.8 Å². The maximum atomic E-state index is 11.6. The van der Waals surface area contributed by atoms with Crippen LogP contribution in [0.3, 0.4) is 0 Å². The fourth-order valence-electron chi connectivity index (χ4n) is 1.64. The molecule has 0 aliphatic carbocycles. The highest BCUT2D eigenvalue weighted by molar-refractivity contribution is 6.30. The Morgan fingerprint density at radius 3 is 2.86 bits per heavy atom. The molecular formula is C16H23ClN2O2. The smallest absolute Gasteiger partial charge is 0.407 e. The predicted molar refractivity (Wildman–Crippen MR) is 86.3 cm³/mol. The summed E-state index contributed by atoms with van der Waals surface area (Å²) in [7, 11) is 0. The highest BCUT2D eigenvalue weighted by Gasteiger charge is 2.17. The molecule has 1 atom stereocenters. The van der Waals surface area contributed by atoms with Crippen molar-refractivity contribution in [2.75, 3.05) is 0 Å². The lowest BCUT2D eigenvalue weighted by Gasteiger charge is -2.21. The van der Waals surface area contributed by atoms with Crippen LogP contribution in [0.5, 0.6) is 0 Å². The van der Waals surface area contributed by atoms with Crippen LogP contribution in [0.1, 0.15) is 46.2 Å². The van der Waals surface area contributed by atoms with Gasteiger partial charge in [-0.05, 0) is 58.7 Å². The Morgan fingerprint density at radius 1 is 1.52 bits per heavy atom. The molecule has 1 heterocycles. The number of ether oxygens (including phenoxy) is 1. The lowest BCUT2D eigenvalue weighted by molar-refractivity contribution is 0.0506. The van der Waals surface area contributed by atoms with Crippen molar-refractivity contribution in [3.8, 4) is 0 Å². The van der Waals surface area contributed by atoms with Crippen molar-refractivity contribution in [1.29, 1.82) is 0 Å². The van der Waals surface area contributed by atoms with Gasteiger partial charge in [0.2, 0.25) is 0 Å². The SMILES string of the molecule is C[C@H](CC/C=C/c1cc(Cl)ccn1)NC(=O)OC(C)(C)C. The molecule has 1 rings (SSSR count). The monoisotopic (exact) mass is 310 g/mol. The van der Waals surface area contributed by atoms with Crippen LogP contribution in [0.4, 0.5) is 4.79 Å². The number of halogens is 1. The van der Waals surface area contributed by atoms with E-state index in [2.05, 4.69) is 10.3 Å². The summed E-state index contributed by atoms with van der Waals surface area (Å²) >= 11 is 5.88. The largest absolute Gasteiger partial charge is 0.444 e. The van der Waals surface area contributed by atoms with E-state index in [0.717, 1.165) is 18.5 Å². The summed E-state index contributed by atoms with van der Waals surface area (Å²) in [5.74, 6) is 0. The lowest BCUT2D eigenvalue weighted by Crippen LogP contribution is -2.37. The summed E-state index contributed by atoms with van der Waals surface area (Å²) < 4.78 is 5.20. The van der Waals surface area contributed by atoms with Crippen LogP contribution in [-0.4, -0.2) is 22.7 Å². The van der Waals surface area contributed by atoms with Gasteiger partial charge >= 0.3 is 6.09 Å². The standard InChI is InChI=1S/C16H23ClN2O2/c1-12(19-15(20)21-16(2,3)4)7-5-6-8-14-11-13(17)9-10-18-14/h6,8-12H,5,7H2,1-4H3,(H,19,20)/b8-6+/t12-/m1/s1. The summed E-state index contributed by atoms with van der Waals surface area (Å²) in [6.45, 7) is 7.49. The van der Waals surface area contributed by atoms with Gasteiger partial charge in [-0.1, -0.05) is 17.7 Å². The third-order valence-electron chi connectivity index (χ3n) is 2.56. The minimum Gasteiger partial charge on any atom is -0.444 e. The second-order valence-corrected chi connectivity index (χ2v) is 6.36. The van der Waals surface area contributed by atoms with Gasteiger partial charge in [-0.3, -0.25) is 4.98 Å². The Labute approximate surface area is 131 Å². The summed E-state index contributed by atoms with van der Waals surface area (Å²) in [5, 5.41) is 3.48. The van der Waals surface area contributed by atoms with Gasteiger partial charge in [0.25, 0.3) is 0 Å². The molecule has 0 saturated heterocycles. The molecule has 1 aromatic heterocycles. The minimum atomic E-state index is -0.470. The number of allylic oxidation sites excluding steroid dienone is 1. The van der Waals surface area contributed by atoms with Gasteiger partial charge in [0.15, 0.2) is 0 Å². The number of rotatable bonds is 5. The molecule has 0 spiro atoms. The van der Waals surface area contributed by atoms with Gasteiger partial charge in [0.05, 0.1) is 5.69 Å². The third kappa shape index (κ3) is 8.35. The van der Waals surface area contributed by atoms with E-state index in [1.165, 1.54) is 0 Å². The molecule has 4 nitrogen and oxygen atoms in total. The van der Waals surface area contributed by atoms with E-state index in [-0.39, 0.29) is 12.1 Å². The van der Waals surface area contributed by atoms with Crippen molar-refractivity contribution >= 4 is 23.8 Å². The fourth-order valence-corrected chi connectivity index (χ4v) is 1.81. The average molecular weight is 311 g/mol. The number of nitrogens with zero attached hydrogens (tertiary/aromatic N) is 1. The number of alkyl carbamates (subject to hydrolysis) is 1. The second-order valence-electron chi connectivity index (χ2n) is 5.93. The molecule has 0 fully saturated rings. The van der Waals surface area contributed by atoms with E-state index in [9.17, 15) is 4.79 Å². The predicted octanol–water partition coefficient (Wildman–Crippen LogP) is 4.44. The Morgan fingerprint density at radius 2 is 2.24 bits per heavy atom. The van der Waals surface area contributed by atoms with Gasteiger partial charge in [-0.25, -0.2) is 4.79 Å². The van der Waals surface area contributed by atoms with Crippen LogP contribution in [0.15, 0.2) is 24.4 Å². The first kappa shape index (κ1) is 17.5. The Hall–Kier alpha value is -1.55. The van der Waals surface area contributed by atoms with Gasteiger partial charge < -0.3 is 10.1 Å². The van der Waals surface area contributed by atoms with Crippen LogP contribution >= 0.6 is 11.6 Å². The zero-order valence-corrected chi connectivity index (χ0v) is 13.8. The van der Waals surface area contributed by atoms with Crippen molar-refractivity contribution < 1.29 is 9.53 Å². The van der Waals surface area contributed by atoms with Crippen LogP contribution in [0.2, 0.25) is 5.02 Å². The van der Waals surface area contributed by atoms with Crippen LogP contribution in [0.25, 0.3) is 6.08 Å². The quantitative estimate of drug-likeness (QED) is 0.874. The highest BCUT2D eigenvalue weighted by Crippen LogP contribution is 2.10. The van der Waals surface area contributed by atoms with Gasteiger partial charge in [0.1, 0.15) is 5.60 Å². The summed E-state index contributed by atoms with van der Waals surface area (Å²) in [4.78, 5) is 15.8. The Kier molecular flexibility index (Phi) is 6.69. The number of hydrogen-bond acceptors (Lipinski definition) is 3. The van der Waals surface area contributed by atoms with Gasteiger partial charge in [-0.2, -0.15) is 0 Å². The Bertz CT molecular complexity index is 495. The van der Waals surface area contributed by atoms with Crippen molar-refractivity contribution in [3.05, 3.63) is 35.1 Å². The molecule has 21 heavy (non-hydrogen) atoms. The molecule has 0 aliphatic heterocycles. The minimum absolute atomic E-state index is 0.0526. The first-order valence-corrected chi connectivity index (χ1v) is 7.42. The van der Waals surface area contributed by atoms with E-state index in [4.69, 9.17) is 16.3 Å². The van der Waals surface area contributed by atoms with Crippen molar-refractivity contribution in [3.63, 3.8) is 0 Å². The molecule has 1 aromatic rings. The number of carbonyl (C=O) groups excluding carboxylic acids is 1. The van der Waals surface area contributed by atoms with E-state index < -0.39 is 5.60 Å². The lowest BCUT2D eigenvalue weighted by atomic mass is 10.1. The summed E-state index contributed by atoms with van der Waals surface area (Å²) in [6, 6.07) is 3.60. The van der Waals surface area contributed by atoms with Crippen LogP contribution < -0.4 is 5.32 Å². The summed E-state index contributed by atoms with van der Waals surface area (Å²) in [6.07, 6.45) is 6.91. The summed E-state index contributed by atoms with van der Waals surface area (Å²) in [5.41, 5.74) is 0.359. The van der Waals surface area contributed by atoms with Gasteiger partial charge in [-0.15, -0.1) is 0 Å². The first-order chi connectivity index (χ1) is 9.76. The number of hydrogen-bond donors (Lipinski definition) is 1. The molecule has 0 unspecified atom stereocenters. The number of amides is 1. The molecule has 1 amide bonds. The van der Waals surface area contributed by atoms with E-state index in [1.54, 1.807) is 18.3 Å². The molecular weight excluding hydrogens is 288 g/mol. The molecule has 0 bridgehead atoms. The molecule has 5 heteroatoms. The number of aromatic nitrogens is 1. The third-order valence-corrected chi connectivity index (χ3v) is 2.80. The van der Waals surface area contributed by atoms with Crippen molar-refractivity contribution in [1.82, 2.24) is 10.3 Å². The molecule has 1 N–H and O–H groups in total. The topological polar surface area (TPSA) is 51.2 Å². The molecule has 0 aliphatic rings. The van der Waals surface area contributed by atoms with Crippen molar-refractivity contribution in [2.45, 2.75) is 52.2 Å². The molecule has 0 radical (unpaired) electrons. The zero-order valence-electron chi connectivity index (χ0n) is 13.0. The Balaban J connectivity index is 2.30. The number of carbonyl (C=O) groups is 1. The molecule has 116 valence electrons. The maximum absolute atomic E-state index is 11.6. The number of pyridine rings is 1. The normalized spacial score (nSPS) is 13.2. The molecule has 0 aromatic carbocycles. The maximum Gasteiger partial charge on any atom is 0.407 e. The number of nitrogens with one attached hydrogen (secondary N) is 1. The zero-order chi connectivity index (χ0) is 15.9. The fraction of sp³-hybridized carbons (Fsp3) is 0.500. The van der Waals surface area contributed by atoms with E-state index in [0.29, 0.717) is 5.02 Å². The first-order valence-electron chi connectivity index (χ1n) is 7.04.